The summed E-state index contributed by atoms with van der Waals surface area (Å²) in [6.07, 6.45) is 2.87. The highest BCUT2D eigenvalue weighted by atomic mass is 32.2. The highest BCUT2D eigenvalue weighted by Gasteiger charge is 2.25. The summed E-state index contributed by atoms with van der Waals surface area (Å²) in [6, 6.07) is 13.5. The molecule has 3 N–H and O–H groups in total. The number of hydrogen-bond donors (Lipinski definition) is 2. The molecule has 1 aliphatic rings. The third-order valence-electron chi connectivity index (χ3n) is 2.87. The first-order chi connectivity index (χ1) is 10.6. The van der Waals surface area contributed by atoms with Crippen molar-refractivity contribution in [2.75, 3.05) is 5.17 Å². The van der Waals surface area contributed by atoms with Crippen molar-refractivity contribution in [1.29, 1.82) is 0 Å². The van der Waals surface area contributed by atoms with Gasteiger partial charge >= 0.3 is 0 Å². The summed E-state index contributed by atoms with van der Waals surface area (Å²) >= 11 is 0. The van der Waals surface area contributed by atoms with Crippen molar-refractivity contribution >= 4 is 15.7 Å². The van der Waals surface area contributed by atoms with Crippen molar-refractivity contribution in [3.05, 3.63) is 61.0 Å². The summed E-state index contributed by atoms with van der Waals surface area (Å²) < 4.78 is 29.4. The summed E-state index contributed by atoms with van der Waals surface area (Å²) in [5, 5.41) is 6.44. The van der Waals surface area contributed by atoms with Gasteiger partial charge in [-0.2, -0.15) is 0 Å². The van der Waals surface area contributed by atoms with Gasteiger partial charge in [0, 0.05) is 0 Å². The molecule has 22 heavy (non-hydrogen) atoms. The zero-order chi connectivity index (χ0) is 15.6. The van der Waals surface area contributed by atoms with Crippen molar-refractivity contribution in [2.24, 2.45) is 5.14 Å². The Kier molecular flexibility index (Phi) is 3.61. The predicted molar refractivity (Wildman–Crippen MR) is 80.2 cm³/mol. The van der Waals surface area contributed by atoms with E-state index in [4.69, 9.17) is 14.7 Å². The number of para-hydroxylation sites is 2. The molecule has 0 saturated carbocycles. The summed E-state index contributed by atoms with van der Waals surface area (Å²) in [5.74, 6) is 0.844. The van der Waals surface area contributed by atoms with Crippen LogP contribution in [0.5, 0.6) is 11.5 Å². The Morgan fingerprint density at radius 3 is 2.50 bits per heavy atom. The lowest BCUT2D eigenvalue weighted by atomic mass is 10.3. The first kappa shape index (κ1) is 14.2. The Bertz CT molecular complexity index is 798. The van der Waals surface area contributed by atoms with E-state index in [2.05, 4.69) is 5.43 Å². The van der Waals surface area contributed by atoms with Gasteiger partial charge in [0.25, 0.3) is 0 Å². The fraction of sp³-hybridized carbons (Fsp3) is 0. The lowest BCUT2D eigenvalue weighted by Gasteiger charge is -2.22. The monoisotopic (exact) mass is 319 g/mol. The van der Waals surface area contributed by atoms with E-state index in [-0.39, 0.29) is 16.3 Å². The molecule has 1 heterocycles. The van der Waals surface area contributed by atoms with Crippen LogP contribution in [0.15, 0.2) is 65.9 Å². The van der Waals surface area contributed by atoms with Gasteiger partial charge in [0.1, 0.15) is 16.9 Å². The van der Waals surface area contributed by atoms with Crippen LogP contribution in [-0.4, -0.2) is 8.42 Å². The fourth-order valence-corrected chi connectivity index (χ4v) is 2.69. The second kappa shape index (κ2) is 5.58. The molecule has 0 bridgehead atoms. The van der Waals surface area contributed by atoms with Crippen molar-refractivity contribution < 1.29 is 18.0 Å². The smallest absolute Gasteiger partial charge is 0.240 e. The predicted octanol–water partition coefficient (Wildman–Crippen LogP) is 1.85. The van der Waals surface area contributed by atoms with Crippen LogP contribution in [0.3, 0.4) is 0 Å². The molecule has 0 radical (unpaired) electrons. The minimum absolute atomic E-state index is 0.114. The molecule has 0 fully saturated rings. The van der Waals surface area contributed by atoms with E-state index in [1.807, 2.05) is 18.2 Å². The Hall–Kier alpha value is -2.71. The van der Waals surface area contributed by atoms with E-state index in [1.54, 1.807) is 24.3 Å². The first-order valence-corrected chi connectivity index (χ1v) is 7.87. The molecule has 8 heteroatoms. The van der Waals surface area contributed by atoms with Crippen molar-refractivity contribution in [3.8, 4) is 11.5 Å². The molecule has 1 aliphatic heterocycles. The highest BCUT2D eigenvalue weighted by molar-refractivity contribution is 7.89. The number of benzene rings is 2. The van der Waals surface area contributed by atoms with Crippen LogP contribution < -0.4 is 20.5 Å². The quantitative estimate of drug-likeness (QED) is 0.893. The average Bonchev–Trinajstić information content (AvgIpc) is 3.01. The largest absolute Gasteiger partial charge is 0.455 e. The second-order valence-electron chi connectivity index (χ2n) is 4.39. The highest BCUT2D eigenvalue weighted by Crippen LogP contribution is 2.37. The summed E-state index contributed by atoms with van der Waals surface area (Å²) in [6.45, 7) is 0. The molecule has 0 aromatic heterocycles. The number of nitrogens with one attached hydrogen (secondary N) is 1. The van der Waals surface area contributed by atoms with E-state index < -0.39 is 10.0 Å². The molecular formula is C14H13N3O4S. The number of sulfonamides is 1. The van der Waals surface area contributed by atoms with E-state index >= 15 is 0 Å². The lowest BCUT2D eigenvalue weighted by molar-refractivity contribution is 0.217. The number of anilines is 1. The van der Waals surface area contributed by atoms with Crippen LogP contribution in [0, 0.1) is 0 Å². The molecule has 2 aromatic carbocycles. The van der Waals surface area contributed by atoms with Crippen molar-refractivity contribution in [3.63, 3.8) is 0 Å². The number of nitrogens with zero attached hydrogens (tertiary/aromatic N) is 1. The number of primary sulfonamides is 1. The van der Waals surface area contributed by atoms with Crippen LogP contribution >= 0.6 is 0 Å². The maximum Gasteiger partial charge on any atom is 0.240 e. The maximum atomic E-state index is 11.8. The van der Waals surface area contributed by atoms with Gasteiger partial charge < -0.3 is 9.57 Å². The van der Waals surface area contributed by atoms with E-state index in [0.717, 1.165) is 5.17 Å². The molecule has 0 aliphatic carbocycles. The van der Waals surface area contributed by atoms with E-state index in [9.17, 15) is 8.42 Å². The van der Waals surface area contributed by atoms with E-state index in [1.165, 1.54) is 18.5 Å². The normalized spacial score (nSPS) is 13.6. The second-order valence-corrected chi connectivity index (χ2v) is 5.92. The summed E-state index contributed by atoms with van der Waals surface area (Å²) in [5.41, 5.74) is 2.91. The molecule has 0 atom stereocenters. The molecular weight excluding hydrogens is 306 g/mol. The number of rotatable bonds is 4. The van der Waals surface area contributed by atoms with Crippen LogP contribution in [0.4, 0.5) is 5.69 Å². The maximum absolute atomic E-state index is 11.8. The SMILES string of the molecule is NS(=O)(=O)c1cccc(Oc2ccccc2)c1N1NC=CO1. The van der Waals surface area contributed by atoms with Gasteiger partial charge in [0.05, 0.1) is 6.20 Å². The fourth-order valence-electron chi connectivity index (χ4n) is 1.97. The molecule has 0 saturated heterocycles. The number of hydrogen-bond acceptors (Lipinski definition) is 6. The Morgan fingerprint density at radius 1 is 1.09 bits per heavy atom. The average molecular weight is 319 g/mol. The summed E-state index contributed by atoms with van der Waals surface area (Å²) in [7, 11) is -3.96. The van der Waals surface area contributed by atoms with Crippen molar-refractivity contribution in [1.82, 2.24) is 5.43 Å². The zero-order valence-corrected chi connectivity index (χ0v) is 12.2. The third-order valence-corrected chi connectivity index (χ3v) is 3.81. The standard InChI is InChI=1S/C14H13N3O4S/c15-22(18,19)13-8-4-7-12(14(13)17-16-9-10-20-17)21-11-5-2-1-3-6-11/h1-10,16H,(H2,15,18,19). The molecule has 7 nitrogen and oxygen atoms in total. The molecule has 2 aromatic rings. The minimum Gasteiger partial charge on any atom is -0.455 e. The van der Waals surface area contributed by atoms with Gasteiger partial charge in [-0.3, -0.25) is 5.43 Å². The van der Waals surface area contributed by atoms with Gasteiger partial charge in [-0.05, 0) is 24.3 Å². The minimum atomic E-state index is -3.96. The van der Waals surface area contributed by atoms with Crippen LogP contribution in [0.25, 0.3) is 0 Å². The van der Waals surface area contributed by atoms with Gasteiger partial charge in [0.15, 0.2) is 11.4 Å². The van der Waals surface area contributed by atoms with Gasteiger partial charge in [-0.1, -0.05) is 24.3 Å². The molecule has 114 valence electrons. The first-order valence-electron chi connectivity index (χ1n) is 6.32. The molecule has 3 rings (SSSR count). The number of ether oxygens (including phenoxy) is 1. The van der Waals surface area contributed by atoms with Crippen LogP contribution in [0.1, 0.15) is 0 Å². The van der Waals surface area contributed by atoms with Crippen molar-refractivity contribution in [2.45, 2.75) is 4.90 Å². The number of hydrazine groups is 1. The molecule has 0 amide bonds. The van der Waals surface area contributed by atoms with Crippen LogP contribution in [0.2, 0.25) is 0 Å². The van der Waals surface area contributed by atoms with E-state index in [0.29, 0.717) is 5.75 Å². The molecule has 0 spiro atoms. The summed E-state index contributed by atoms with van der Waals surface area (Å²) in [4.78, 5) is 5.08. The van der Waals surface area contributed by atoms with Gasteiger partial charge in [-0.15, -0.1) is 5.17 Å². The third kappa shape index (κ3) is 2.83. The Morgan fingerprint density at radius 2 is 1.86 bits per heavy atom. The van der Waals surface area contributed by atoms with Gasteiger partial charge in [-0.25, -0.2) is 13.6 Å². The van der Waals surface area contributed by atoms with Gasteiger partial charge in [0.2, 0.25) is 10.0 Å². The molecule has 0 unspecified atom stereocenters. The number of nitrogens with two attached hydrogens (primary N) is 1. The van der Waals surface area contributed by atoms with Crippen LogP contribution in [-0.2, 0) is 14.9 Å². The lowest BCUT2D eigenvalue weighted by Crippen LogP contribution is -2.30. The Balaban J connectivity index is 2.09. The Labute approximate surface area is 127 Å². The topological polar surface area (TPSA) is 93.9 Å². The zero-order valence-electron chi connectivity index (χ0n) is 11.3.